The highest BCUT2D eigenvalue weighted by molar-refractivity contribution is 9.10. The Morgan fingerprint density at radius 3 is 2.85 bits per heavy atom. The van der Waals surface area contributed by atoms with Gasteiger partial charge in [-0.05, 0) is 18.2 Å². The van der Waals surface area contributed by atoms with Crippen molar-refractivity contribution >= 4 is 48.0 Å². The van der Waals surface area contributed by atoms with Crippen LogP contribution in [0.2, 0.25) is 0 Å². The minimum absolute atomic E-state index is 0.0841. The highest BCUT2D eigenvalue weighted by Gasteiger charge is 2.10. The fraction of sp³-hybridized carbons (Fsp3) is 0.308. The summed E-state index contributed by atoms with van der Waals surface area (Å²) in [5.74, 6) is 0.230. The fourth-order valence-electron chi connectivity index (χ4n) is 1.85. The maximum atomic E-state index is 11.5. The zero-order valence-corrected chi connectivity index (χ0v) is 13.5. The van der Waals surface area contributed by atoms with Crippen LogP contribution in [0.5, 0.6) is 0 Å². The van der Waals surface area contributed by atoms with Gasteiger partial charge >= 0.3 is 0 Å². The summed E-state index contributed by atoms with van der Waals surface area (Å²) < 4.78 is 23.9. The largest absolute Gasteiger partial charge is 0.396 e. The molecule has 0 atom stereocenters. The van der Waals surface area contributed by atoms with Crippen molar-refractivity contribution in [3.63, 3.8) is 0 Å². The molecule has 1 heterocycles. The number of hydrogen-bond acceptors (Lipinski definition) is 5. The molecule has 7 heteroatoms. The standard InChI is InChI=1S/C13H16BrN3O2S/c1-2-20(18,19)6-5-16-13-10-7-9(14)3-4-12(10)17-8-11(13)15/h3-4,7-8H,2,5-6,15H2,1H3,(H,16,17). The van der Waals surface area contributed by atoms with Gasteiger partial charge in [0, 0.05) is 22.2 Å². The van der Waals surface area contributed by atoms with Crippen LogP contribution < -0.4 is 11.1 Å². The smallest absolute Gasteiger partial charge is 0.151 e. The van der Waals surface area contributed by atoms with Gasteiger partial charge in [0.1, 0.15) is 0 Å². The topological polar surface area (TPSA) is 85.1 Å². The summed E-state index contributed by atoms with van der Waals surface area (Å²) in [6.07, 6.45) is 1.58. The molecule has 0 aliphatic carbocycles. The first-order valence-electron chi connectivity index (χ1n) is 6.21. The van der Waals surface area contributed by atoms with Gasteiger partial charge in [-0.1, -0.05) is 22.9 Å². The number of anilines is 2. The van der Waals surface area contributed by atoms with Gasteiger partial charge in [0.25, 0.3) is 0 Å². The van der Waals surface area contributed by atoms with E-state index in [4.69, 9.17) is 5.73 Å². The number of nitrogens with zero attached hydrogens (tertiary/aromatic N) is 1. The lowest BCUT2D eigenvalue weighted by molar-refractivity contribution is 0.597. The van der Waals surface area contributed by atoms with E-state index in [9.17, 15) is 8.42 Å². The first-order valence-corrected chi connectivity index (χ1v) is 8.82. The van der Waals surface area contributed by atoms with Crippen LogP contribution >= 0.6 is 15.9 Å². The predicted octanol–water partition coefficient (Wildman–Crippen LogP) is 2.43. The summed E-state index contributed by atoms with van der Waals surface area (Å²) in [5, 5.41) is 3.98. The predicted molar refractivity (Wildman–Crippen MR) is 86.7 cm³/mol. The van der Waals surface area contributed by atoms with Crippen LogP contribution in [0.1, 0.15) is 6.92 Å². The van der Waals surface area contributed by atoms with Crippen LogP contribution in [0.4, 0.5) is 11.4 Å². The van der Waals surface area contributed by atoms with Crippen LogP contribution in [-0.4, -0.2) is 31.5 Å². The molecule has 0 amide bonds. The number of rotatable bonds is 5. The van der Waals surface area contributed by atoms with Crippen LogP contribution in [0, 0.1) is 0 Å². The van der Waals surface area contributed by atoms with Crippen molar-refractivity contribution in [2.75, 3.05) is 29.1 Å². The van der Waals surface area contributed by atoms with Crippen molar-refractivity contribution < 1.29 is 8.42 Å². The number of hydrogen-bond donors (Lipinski definition) is 2. The molecule has 3 N–H and O–H groups in total. The number of fused-ring (bicyclic) bond motifs is 1. The lowest BCUT2D eigenvalue weighted by Crippen LogP contribution is -2.17. The molecule has 0 radical (unpaired) electrons. The van der Waals surface area contributed by atoms with Crippen LogP contribution in [-0.2, 0) is 9.84 Å². The van der Waals surface area contributed by atoms with Gasteiger partial charge in [-0.15, -0.1) is 0 Å². The minimum atomic E-state index is -2.99. The molecule has 0 aliphatic rings. The van der Waals surface area contributed by atoms with E-state index in [1.165, 1.54) is 0 Å². The molecule has 2 aromatic rings. The molecule has 1 aromatic heterocycles. The van der Waals surface area contributed by atoms with Crippen LogP contribution in [0.25, 0.3) is 10.9 Å². The summed E-state index contributed by atoms with van der Waals surface area (Å²) in [4.78, 5) is 4.25. The Morgan fingerprint density at radius 2 is 2.15 bits per heavy atom. The number of nitrogens with one attached hydrogen (secondary N) is 1. The van der Waals surface area contributed by atoms with Gasteiger partial charge < -0.3 is 11.1 Å². The molecule has 2 rings (SSSR count). The maximum absolute atomic E-state index is 11.5. The summed E-state index contributed by atoms with van der Waals surface area (Å²) in [7, 11) is -2.99. The zero-order chi connectivity index (χ0) is 14.8. The van der Waals surface area contributed by atoms with E-state index in [0.717, 1.165) is 21.1 Å². The SMILES string of the molecule is CCS(=O)(=O)CCNc1c(N)cnc2ccc(Br)cc12. The van der Waals surface area contributed by atoms with E-state index in [2.05, 4.69) is 26.2 Å². The molecule has 0 saturated heterocycles. The zero-order valence-electron chi connectivity index (χ0n) is 11.1. The van der Waals surface area contributed by atoms with Crippen molar-refractivity contribution in [2.45, 2.75) is 6.92 Å². The van der Waals surface area contributed by atoms with Gasteiger partial charge in [0.2, 0.25) is 0 Å². The quantitative estimate of drug-likeness (QED) is 0.858. The summed E-state index contributed by atoms with van der Waals surface area (Å²) in [6.45, 7) is 1.97. The minimum Gasteiger partial charge on any atom is -0.396 e. The summed E-state index contributed by atoms with van der Waals surface area (Å²) in [6, 6.07) is 5.69. The third-order valence-electron chi connectivity index (χ3n) is 3.01. The number of nitrogen functional groups attached to an aromatic ring is 1. The Bertz CT molecular complexity index is 726. The summed E-state index contributed by atoms with van der Waals surface area (Å²) >= 11 is 3.41. The van der Waals surface area contributed by atoms with E-state index in [1.807, 2.05) is 18.2 Å². The molecule has 1 aromatic carbocycles. The Labute approximate surface area is 126 Å². The lowest BCUT2D eigenvalue weighted by atomic mass is 10.1. The Kier molecular flexibility index (Phi) is 4.49. The number of sulfone groups is 1. The number of pyridine rings is 1. The number of halogens is 1. The second-order valence-corrected chi connectivity index (χ2v) is 7.80. The van der Waals surface area contributed by atoms with Crippen molar-refractivity contribution in [1.29, 1.82) is 0 Å². The van der Waals surface area contributed by atoms with Crippen LogP contribution in [0.3, 0.4) is 0 Å². The van der Waals surface area contributed by atoms with Gasteiger partial charge in [-0.3, -0.25) is 4.98 Å². The first-order chi connectivity index (χ1) is 9.43. The molecular formula is C13H16BrN3O2S. The molecule has 0 fully saturated rings. The average molecular weight is 358 g/mol. The van der Waals surface area contributed by atoms with E-state index in [-0.39, 0.29) is 11.5 Å². The molecule has 20 heavy (non-hydrogen) atoms. The third kappa shape index (κ3) is 3.40. The van der Waals surface area contributed by atoms with Gasteiger partial charge in [-0.25, -0.2) is 8.42 Å². The van der Waals surface area contributed by atoms with E-state index in [1.54, 1.807) is 13.1 Å². The maximum Gasteiger partial charge on any atom is 0.151 e. The molecule has 0 bridgehead atoms. The number of benzene rings is 1. The molecule has 0 spiro atoms. The second-order valence-electron chi connectivity index (χ2n) is 4.41. The highest BCUT2D eigenvalue weighted by atomic mass is 79.9. The van der Waals surface area contributed by atoms with Gasteiger partial charge in [0.05, 0.1) is 28.8 Å². The Balaban J connectivity index is 2.29. The molecule has 108 valence electrons. The third-order valence-corrected chi connectivity index (χ3v) is 5.21. The van der Waals surface area contributed by atoms with Crippen molar-refractivity contribution in [2.24, 2.45) is 0 Å². The van der Waals surface area contributed by atoms with Crippen molar-refractivity contribution in [3.8, 4) is 0 Å². The highest BCUT2D eigenvalue weighted by Crippen LogP contribution is 2.29. The average Bonchev–Trinajstić information content (AvgIpc) is 2.41. The first kappa shape index (κ1) is 15.1. The number of aromatic nitrogens is 1. The molecular weight excluding hydrogens is 342 g/mol. The Hall–Kier alpha value is -1.34. The molecule has 0 saturated carbocycles. The second kappa shape index (κ2) is 5.97. The lowest BCUT2D eigenvalue weighted by Gasteiger charge is -2.12. The van der Waals surface area contributed by atoms with E-state index >= 15 is 0 Å². The van der Waals surface area contributed by atoms with Gasteiger partial charge in [0.15, 0.2) is 9.84 Å². The van der Waals surface area contributed by atoms with Crippen molar-refractivity contribution in [3.05, 3.63) is 28.9 Å². The molecule has 0 aliphatic heterocycles. The Morgan fingerprint density at radius 1 is 1.40 bits per heavy atom. The fourth-order valence-corrected chi connectivity index (χ4v) is 2.92. The van der Waals surface area contributed by atoms with E-state index < -0.39 is 9.84 Å². The summed E-state index contributed by atoms with van der Waals surface area (Å²) in [5.41, 5.74) is 7.97. The number of nitrogens with two attached hydrogens (primary N) is 1. The molecule has 5 nitrogen and oxygen atoms in total. The van der Waals surface area contributed by atoms with Gasteiger partial charge in [-0.2, -0.15) is 0 Å². The monoisotopic (exact) mass is 357 g/mol. The van der Waals surface area contributed by atoms with E-state index in [0.29, 0.717) is 12.2 Å². The normalized spacial score (nSPS) is 11.7. The van der Waals surface area contributed by atoms with Crippen LogP contribution in [0.15, 0.2) is 28.9 Å². The van der Waals surface area contributed by atoms with Crippen molar-refractivity contribution in [1.82, 2.24) is 4.98 Å². The molecule has 0 unspecified atom stereocenters.